The maximum Gasteiger partial charge on any atom is 0.251 e. The first kappa shape index (κ1) is 29.8. The molecule has 1 aliphatic heterocycles. The summed E-state index contributed by atoms with van der Waals surface area (Å²) in [5.74, 6) is 1.01. The van der Waals surface area contributed by atoms with Gasteiger partial charge in [0.2, 0.25) is 0 Å². The van der Waals surface area contributed by atoms with E-state index >= 15 is 0 Å². The predicted molar refractivity (Wildman–Crippen MR) is 169 cm³/mol. The van der Waals surface area contributed by atoms with Gasteiger partial charge >= 0.3 is 0 Å². The van der Waals surface area contributed by atoms with E-state index in [0.717, 1.165) is 62.3 Å². The van der Waals surface area contributed by atoms with Gasteiger partial charge < -0.3 is 20.7 Å². The van der Waals surface area contributed by atoms with Crippen LogP contribution in [0.4, 0.5) is 5.69 Å². The van der Waals surface area contributed by atoms with Gasteiger partial charge in [-0.3, -0.25) is 15.2 Å². The summed E-state index contributed by atoms with van der Waals surface area (Å²) in [5.41, 5.74) is 10.0. The number of benzene rings is 2. The average molecular weight is 568 g/mol. The van der Waals surface area contributed by atoms with Crippen molar-refractivity contribution in [2.45, 2.75) is 71.4 Å². The van der Waals surface area contributed by atoms with Crippen molar-refractivity contribution in [3.8, 4) is 5.75 Å². The van der Waals surface area contributed by atoms with Gasteiger partial charge in [0.15, 0.2) is 0 Å². The van der Waals surface area contributed by atoms with Crippen molar-refractivity contribution in [2.75, 3.05) is 25.4 Å². The van der Waals surface area contributed by atoms with Crippen molar-refractivity contribution in [3.05, 3.63) is 89.2 Å². The van der Waals surface area contributed by atoms with E-state index in [1.54, 1.807) is 24.4 Å². The Balaban J connectivity index is 1.23. The topological polar surface area (TPSA) is 104 Å². The van der Waals surface area contributed by atoms with Crippen molar-refractivity contribution >= 4 is 17.3 Å². The number of hydrogen-bond acceptors (Lipinski definition) is 6. The SMILES string of the molecule is CC(C)(C)CN1CCC(Oc2ccc(C(=N)c3cc(C(=O)NC(c4ccccn4)C4CCCC4)ccc3N)cc2)CC1. The number of aromatic nitrogens is 1. The molecule has 0 radical (unpaired) electrons. The zero-order valence-corrected chi connectivity index (χ0v) is 25.2. The Morgan fingerprint density at radius 2 is 1.71 bits per heavy atom. The van der Waals surface area contributed by atoms with Crippen molar-refractivity contribution in [2.24, 2.45) is 11.3 Å². The molecule has 42 heavy (non-hydrogen) atoms. The van der Waals surface area contributed by atoms with E-state index in [9.17, 15) is 4.79 Å². The third kappa shape index (κ3) is 7.57. The molecule has 3 aromatic rings. The Morgan fingerprint density at radius 3 is 2.36 bits per heavy atom. The zero-order chi connectivity index (χ0) is 29.7. The number of ether oxygens (including phenoxy) is 1. The smallest absolute Gasteiger partial charge is 0.251 e. The summed E-state index contributed by atoms with van der Waals surface area (Å²) in [6, 6.07) is 18.5. The first-order valence-corrected chi connectivity index (χ1v) is 15.4. The van der Waals surface area contributed by atoms with Crippen LogP contribution in [0.2, 0.25) is 0 Å². The third-order valence-corrected chi connectivity index (χ3v) is 8.43. The summed E-state index contributed by atoms with van der Waals surface area (Å²) >= 11 is 0. The van der Waals surface area contributed by atoms with Crippen molar-refractivity contribution < 1.29 is 9.53 Å². The number of carbonyl (C=O) groups is 1. The fourth-order valence-electron chi connectivity index (χ4n) is 6.33. The van der Waals surface area contributed by atoms with E-state index in [2.05, 4.69) is 36.0 Å². The van der Waals surface area contributed by atoms with Gasteiger partial charge in [-0.25, -0.2) is 0 Å². The Hall–Kier alpha value is -3.71. The van der Waals surface area contributed by atoms with Crippen LogP contribution >= 0.6 is 0 Å². The number of carbonyl (C=O) groups excluding carboxylic acids is 1. The molecule has 2 aliphatic rings. The largest absolute Gasteiger partial charge is 0.490 e. The molecule has 7 heteroatoms. The highest BCUT2D eigenvalue weighted by molar-refractivity contribution is 6.14. The number of nitrogens with zero attached hydrogens (tertiary/aromatic N) is 2. The van der Waals surface area contributed by atoms with Crippen LogP contribution in [0.1, 0.15) is 92.5 Å². The minimum Gasteiger partial charge on any atom is -0.490 e. The summed E-state index contributed by atoms with van der Waals surface area (Å²) in [5, 5.41) is 12.2. The second kappa shape index (κ2) is 13.1. The van der Waals surface area contributed by atoms with E-state index in [1.165, 1.54) is 12.8 Å². The summed E-state index contributed by atoms with van der Waals surface area (Å²) in [7, 11) is 0. The monoisotopic (exact) mass is 567 g/mol. The summed E-state index contributed by atoms with van der Waals surface area (Å²) in [6.45, 7) is 10.1. The zero-order valence-electron chi connectivity index (χ0n) is 25.2. The van der Waals surface area contributed by atoms with Crippen LogP contribution in [-0.2, 0) is 0 Å². The van der Waals surface area contributed by atoms with Crippen molar-refractivity contribution in [3.63, 3.8) is 0 Å². The third-order valence-electron chi connectivity index (χ3n) is 8.43. The molecular weight excluding hydrogens is 522 g/mol. The van der Waals surface area contributed by atoms with Crippen LogP contribution in [-0.4, -0.2) is 47.2 Å². The molecule has 5 rings (SSSR count). The molecule has 7 nitrogen and oxygen atoms in total. The van der Waals surface area contributed by atoms with Gasteiger partial charge in [-0.15, -0.1) is 0 Å². The van der Waals surface area contributed by atoms with E-state index in [-0.39, 0.29) is 23.8 Å². The average Bonchev–Trinajstić information content (AvgIpc) is 3.52. The molecule has 1 unspecified atom stereocenters. The highest BCUT2D eigenvalue weighted by Gasteiger charge is 2.29. The number of nitrogens with two attached hydrogens (primary N) is 1. The van der Waals surface area contributed by atoms with Crippen LogP contribution < -0.4 is 15.8 Å². The number of pyridine rings is 1. The van der Waals surface area contributed by atoms with Gasteiger partial charge in [0, 0.05) is 48.2 Å². The number of nitrogens with one attached hydrogen (secondary N) is 2. The van der Waals surface area contributed by atoms with Crippen LogP contribution in [0.3, 0.4) is 0 Å². The lowest BCUT2D eigenvalue weighted by Crippen LogP contribution is -2.42. The molecule has 2 fully saturated rings. The molecule has 1 amide bonds. The standard InChI is InChI=1S/C35H45N5O2/c1-35(2,3)23-40-20-17-28(18-21-40)42-27-14-11-24(12-15-27)32(37)29-22-26(13-16-30(29)36)34(41)39-33(25-8-4-5-9-25)31-10-6-7-19-38-31/h6-7,10-16,19,22,25,28,33,37H,4-5,8-9,17-18,20-21,23,36H2,1-3H3,(H,39,41). The van der Waals surface area contributed by atoms with Gasteiger partial charge in [0.25, 0.3) is 5.91 Å². The summed E-state index contributed by atoms with van der Waals surface area (Å²) in [4.78, 5) is 20.5. The van der Waals surface area contributed by atoms with E-state index in [0.29, 0.717) is 28.1 Å². The van der Waals surface area contributed by atoms with E-state index in [4.69, 9.17) is 15.9 Å². The van der Waals surface area contributed by atoms with Gasteiger partial charge in [0.1, 0.15) is 11.9 Å². The fraction of sp³-hybridized carbons (Fsp3) is 0.457. The lowest BCUT2D eigenvalue weighted by molar-refractivity contribution is 0.0810. The van der Waals surface area contributed by atoms with Gasteiger partial charge in [-0.1, -0.05) is 39.7 Å². The lowest BCUT2D eigenvalue weighted by Gasteiger charge is -2.35. The quantitative estimate of drug-likeness (QED) is 0.199. The van der Waals surface area contributed by atoms with Crippen molar-refractivity contribution in [1.29, 1.82) is 5.41 Å². The Labute approximate surface area is 250 Å². The molecule has 2 aromatic carbocycles. The minimum atomic E-state index is -0.177. The number of rotatable bonds is 9. The molecule has 1 aromatic heterocycles. The fourth-order valence-corrected chi connectivity index (χ4v) is 6.33. The van der Waals surface area contributed by atoms with Crippen LogP contribution in [0.25, 0.3) is 0 Å². The second-order valence-electron chi connectivity index (χ2n) is 13.1. The van der Waals surface area contributed by atoms with Gasteiger partial charge in [-0.2, -0.15) is 0 Å². The van der Waals surface area contributed by atoms with Crippen LogP contribution in [0, 0.1) is 16.7 Å². The number of nitrogen functional groups attached to an aromatic ring is 1. The molecule has 2 heterocycles. The highest BCUT2D eigenvalue weighted by Crippen LogP contribution is 2.35. The van der Waals surface area contributed by atoms with Crippen molar-refractivity contribution in [1.82, 2.24) is 15.2 Å². The maximum atomic E-state index is 13.5. The number of likely N-dealkylation sites (tertiary alicyclic amines) is 1. The minimum absolute atomic E-state index is 0.139. The van der Waals surface area contributed by atoms with Gasteiger partial charge in [0.05, 0.1) is 17.4 Å². The number of piperidine rings is 1. The Morgan fingerprint density at radius 1 is 1.02 bits per heavy atom. The van der Waals surface area contributed by atoms with E-state index < -0.39 is 0 Å². The Kier molecular flexibility index (Phi) is 9.27. The summed E-state index contributed by atoms with van der Waals surface area (Å²) in [6.07, 6.45) is 8.52. The molecular formula is C35H45N5O2. The molecule has 0 spiro atoms. The normalized spacial score (nSPS) is 17.6. The Bertz CT molecular complexity index is 1350. The van der Waals surface area contributed by atoms with E-state index in [1.807, 2.05) is 42.5 Å². The van der Waals surface area contributed by atoms with Gasteiger partial charge in [-0.05, 0) is 91.6 Å². The molecule has 1 atom stereocenters. The number of anilines is 1. The molecule has 222 valence electrons. The summed E-state index contributed by atoms with van der Waals surface area (Å²) < 4.78 is 6.28. The molecule has 1 saturated heterocycles. The number of amides is 1. The maximum absolute atomic E-state index is 13.5. The lowest BCUT2D eigenvalue weighted by atomic mass is 9.94. The van der Waals surface area contributed by atoms with Crippen LogP contribution in [0.5, 0.6) is 5.75 Å². The molecule has 1 aliphatic carbocycles. The second-order valence-corrected chi connectivity index (χ2v) is 13.1. The number of hydrogen-bond donors (Lipinski definition) is 3. The first-order chi connectivity index (χ1) is 20.2. The molecule has 1 saturated carbocycles. The van der Waals surface area contributed by atoms with Crippen LogP contribution in [0.15, 0.2) is 66.9 Å². The molecule has 4 N–H and O–H groups in total. The predicted octanol–water partition coefficient (Wildman–Crippen LogP) is 6.63. The highest BCUT2D eigenvalue weighted by atomic mass is 16.5. The molecule has 0 bridgehead atoms. The first-order valence-electron chi connectivity index (χ1n) is 15.4.